The molecule has 50 heavy (non-hydrogen) atoms. The van der Waals surface area contributed by atoms with E-state index in [4.69, 9.17) is 4.74 Å². The van der Waals surface area contributed by atoms with Crippen LogP contribution in [0.1, 0.15) is 54.8 Å². The first kappa shape index (κ1) is 32.4. The van der Waals surface area contributed by atoms with Gasteiger partial charge >= 0.3 is 5.97 Å². The van der Waals surface area contributed by atoms with E-state index in [-0.39, 0.29) is 11.6 Å². The number of nitrogens with zero attached hydrogens (tertiary/aromatic N) is 5. The zero-order chi connectivity index (χ0) is 34.2. The van der Waals surface area contributed by atoms with Crippen molar-refractivity contribution < 1.29 is 19.4 Å². The quantitative estimate of drug-likeness (QED) is 0.119. The van der Waals surface area contributed by atoms with Gasteiger partial charge in [0.2, 0.25) is 0 Å². The Morgan fingerprint density at radius 2 is 1.88 bits per heavy atom. The number of rotatable bonds is 10. The minimum absolute atomic E-state index is 0.0755. The van der Waals surface area contributed by atoms with Gasteiger partial charge in [0.15, 0.2) is 16.0 Å². The van der Waals surface area contributed by atoms with Gasteiger partial charge in [0, 0.05) is 29.1 Å². The molecule has 0 saturated heterocycles. The molecule has 2 aliphatic rings. The molecule has 250 valence electrons. The zero-order valence-corrected chi connectivity index (χ0v) is 29.5. The monoisotopic (exact) mass is 718 g/mol. The summed E-state index contributed by atoms with van der Waals surface area (Å²) < 4.78 is 7.04. The molecule has 1 unspecified atom stereocenters. The summed E-state index contributed by atoms with van der Waals surface area (Å²) in [5, 5.41) is 14.2. The number of thiazole rings is 2. The maximum atomic E-state index is 13.5. The predicted octanol–water partition coefficient (Wildman–Crippen LogP) is 6.51. The van der Waals surface area contributed by atoms with Crippen molar-refractivity contribution in [1.82, 2.24) is 19.9 Å². The molecule has 1 amide bonds. The highest BCUT2D eigenvalue weighted by Gasteiger charge is 2.27. The van der Waals surface area contributed by atoms with E-state index in [1.807, 2.05) is 66.7 Å². The molecule has 1 atom stereocenters. The second-order valence-electron chi connectivity index (χ2n) is 12.3. The maximum absolute atomic E-state index is 13.5. The molecule has 0 fully saturated rings. The predicted molar refractivity (Wildman–Crippen MR) is 201 cm³/mol. The Morgan fingerprint density at radius 1 is 1.02 bits per heavy atom. The van der Waals surface area contributed by atoms with E-state index >= 15 is 0 Å². The number of aryl methyl sites for hydroxylation is 1. The number of carboxylic acid groups (broad SMARTS) is 1. The van der Waals surface area contributed by atoms with E-state index in [0.717, 1.165) is 61.1 Å². The third-order valence-corrected chi connectivity index (χ3v) is 12.4. The Kier molecular flexibility index (Phi) is 8.98. The fourth-order valence-electron chi connectivity index (χ4n) is 6.36. The van der Waals surface area contributed by atoms with Gasteiger partial charge in [-0.1, -0.05) is 35.6 Å². The second-order valence-corrected chi connectivity index (χ2v) is 15.4. The van der Waals surface area contributed by atoms with E-state index < -0.39 is 5.97 Å². The van der Waals surface area contributed by atoms with E-state index in [9.17, 15) is 14.7 Å². The number of amides is 1. The Bertz CT molecular complexity index is 2210. The molecular formula is C36H31BN6O4S3. The summed E-state index contributed by atoms with van der Waals surface area (Å²) >= 11 is 4.65. The third-order valence-electron chi connectivity index (χ3n) is 8.91. The van der Waals surface area contributed by atoms with Gasteiger partial charge in [0.05, 0.1) is 33.1 Å². The summed E-state index contributed by atoms with van der Waals surface area (Å²) in [5.74, 6) is 0.935. The number of para-hydroxylation sites is 1. The first-order valence-electron chi connectivity index (χ1n) is 16.4. The smallest absolute Gasteiger partial charge is 0.355 e. The van der Waals surface area contributed by atoms with Crippen molar-refractivity contribution in [2.45, 2.75) is 36.5 Å². The number of anilines is 2. The molecule has 6 aromatic rings. The van der Waals surface area contributed by atoms with Gasteiger partial charge in [-0.05, 0) is 84.4 Å². The molecule has 0 radical (unpaired) electrons. The molecule has 0 spiro atoms. The molecule has 5 heterocycles. The Hall–Kier alpha value is -4.79. The highest BCUT2D eigenvalue weighted by molar-refractivity contribution is 7.99. The number of aromatic carboxylic acids is 1. The van der Waals surface area contributed by atoms with Gasteiger partial charge in [-0.15, -0.1) is 23.1 Å². The molecule has 2 N–H and O–H groups in total. The lowest BCUT2D eigenvalue weighted by atomic mass is 9.86. The first-order chi connectivity index (χ1) is 24.4. The number of carbonyl (C=O) groups is 2. The minimum atomic E-state index is -1.05. The van der Waals surface area contributed by atoms with Crippen LogP contribution in [0.15, 0.2) is 78.0 Å². The van der Waals surface area contributed by atoms with Crippen LogP contribution < -0.4 is 15.0 Å². The third kappa shape index (κ3) is 6.46. The number of ether oxygens (including phenoxy) is 1. The van der Waals surface area contributed by atoms with Gasteiger partial charge in [0.1, 0.15) is 19.9 Å². The van der Waals surface area contributed by atoms with Gasteiger partial charge in [0.25, 0.3) is 5.91 Å². The van der Waals surface area contributed by atoms with E-state index in [2.05, 4.69) is 38.0 Å². The number of hydrogen-bond acceptors (Lipinski definition) is 11. The summed E-state index contributed by atoms with van der Waals surface area (Å²) in [7, 11) is 2.19. The van der Waals surface area contributed by atoms with E-state index in [1.54, 1.807) is 18.1 Å². The number of benzene rings is 3. The number of carboxylic acids is 1. The Labute approximate surface area is 301 Å². The lowest BCUT2D eigenvalue weighted by Gasteiger charge is -2.29. The van der Waals surface area contributed by atoms with Gasteiger partial charge < -0.3 is 14.7 Å². The van der Waals surface area contributed by atoms with Crippen molar-refractivity contribution in [3.8, 4) is 17.0 Å². The van der Waals surface area contributed by atoms with Crippen molar-refractivity contribution in [2.24, 2.45) is 0 Å². The summed E-state index contributed by atoms with van der Waals surface area (Å²) in [6.07, 6.45) is 3.53. The average molecular weight is 719 g/mol. The number of hydrogen-bond donors (Lipinski definition) is 2. The van der Waals surface area contributed by atoms with Crippen LogP contribution in [0.4, 0.5) is 10.3 Å². The van der Waals surface area contributed by atoms with Crippen LogP contribution in [0, 0.1) is 0 Å². The first-order valence-corrected chi connectivity index (χ1v) is 19.0. The number of thioether (sulfide) groups is 1. The maximum Gasteiger partial charge on any atom is 0.355 e. The normalized spacial score (nSPS) is 15.1. The highest BCUT2D eigenvalue weighted by Crippen LogP contribution is 2.42. The van der Waals surface area contributed by atoms with Gasteiger partial charge in [-0.25, -0.2) is 24.7 Å². The zero-order valence-electron chi connectivity index (χ0n) is 27.1. The molecular weight excluding hydrogens is 687 g/mol. The SMILES string of the molecule is BC1CSc2c(-c3ccc(OCCCc4sc(N5CCc6cccc(C(=O)Nc7nc8ccccc8s7)c6C5)nc4C(=O)O)cc3)ncnc21. The van der Waals surface area contributed by atoms with Gasteiger partial charge in [-0.2, -0.15) is 0 Å². The standard InChI is InChI=1S/C36H31BN6O4S3/c37-25-18-48-32-29(38-19-39-30(25)32)21-10-12-22(13-11-21)47-16-4-9-28-31(34(45)46)41-36(50-28)43-15-14-20-5-3-6-23(24(20)17-43)33(44)42-35-40-26-7-1-2-8-27(26)49-35/h1-3,5-8,10-13,19,25H,4,9,14-18,37H2,(H,45,46)(H,40,42,44). The van der Waals surface area contributed by atoms with E-state index in [0.29, 0.717) is 59.1 Å². The van der Waals surface area contributed by atoms with Crippen molar-refractivity contribution in [1.29, 1.82) is 0 Å². The molecule has 0 bridgehead atoms. The Balaban J connectivity index is 0.914. The molecule has 0 saturated carbocycles. The van der Waals surface area contributed by atoms with Crippen LogP contribution >= 0.6 is 34.4 Å². The summed E-state index contributed by atoms with van der Waals surface area (Å²) in [4.78, 5) is 47.8. The minimum Gasteiger partial charge on any atom is -0.494 e. The molecule has 10 nitrogen and oxygen atoms in total. The average Bonchev–Trinajstić information content (AvgIpc) is 3.86. The number of nitrogens with one attached hydrogen (secondary N) is 1. The number of aromatic nitrogens is 4. The van der Waals surface area contributed by atoms with Crippen molar-refractivity contribution >= 4 is 74.6 Å². The summed E-state index contributed by atoms with van der Waals surface area (Å²) in [5.41, 5.74) is 6.63. The van der Waals surface area contributed by atoms with Crippen LogP contribution in [0.2, 0.25) is 0 Å². The molecule has 3 aromatic heterocycles. The van der Waals surface area contributed by atoms with Gasteiger partial charge in [-0.3, -0.25) is 10.1 Å². The summed E-state index contributed by atoms with van der Waals surface area (Å²) in [6, 6.07) is 21.5. The topological polar surface area (TPSA) is 130 Å². The van der Waals surface area contributed by atoms with Crippen molar-refractivity contribution in [2.75, 3.05) is 29.1 Å². The van der Waals surface area contributed by atoms with Crippen LogP contribution in [0.3, 0.4) is 0 Å². The number of fused-ring (bicyclic) bond motifs is 3. The molecule has 0 aliphatic carbocycles. The summed E-state index contributed by atoms with van der Waals surface area (Å²) in [6.45, 7) is 1.57. The number of carbonyl (C=O) groups excluding carboxylic acids is 1. The van der Waals surface area contributed by atoms with Crippen LogP contribution in [-0.4, -0.2) is 63.7 Å². The van der Waals surface area contributed by atoms with E-state index in [1.165, 1.54) is 22.7 Å². The lowest BCUT2D eigenvalue weighted by molar-refractivity contribution is 0.0690. The largest absolute Gasteiger partial charge is 0.494 e. The molecule has 8 rings (SSSR count). The van der Waals surface area contributed by atoms with Crippen LogP contribution in [0.5, 0.6) is 5.75 Å². The van der Waals surface area contributed by atoms with Crippen molar-refractivity contribution in [3.05, 3.63) is 106 Å². The van der Waals surface area contributed by atoms with Crippen LogP contribution in [0.25, 0.3) is 21.5 Å². The second kappa shape index (κ2) is 13.8. The molecule has 14 heteroatoms. The van der Waals surface area contributed by atoms with Crippen molar-refractivity contribution in [3.63, 3.8) is 0 Å². The fourth-order valence-corrected chi connectivity index (χ4v) is 9.63. The lowest BCUT2D eigenvalue weighted by Crippen LogP contribution is -2.32. The molecule has 2 aliphatic heterocycles. The molecule has 3 aromatic carbocycles. The van der Waals surface area contributed by atoms with Crippen LogP contribution in [-0.2, 0) is 19.4 Å². The Morgan fingerprint density at radius 3 is 2.72 bits per heavy atom. The fraction of sp³-hybridized carbons (Fsp3) is 0.222. The highest BCUT2D eigenvalue weighted by atomic mass is 32.2.